The van der Waals surface area contributed by atoms with Crippen LogP contribution in [-0.2, 0) is 9.53 Å². The first-order valence-electron chi connectivity index (χ1n) is 13.9. The number of halogens is 1. The minimum Gasteiger partial charge on any atom is -0.461 e. The normalized spacial score (nSPS) is 32.6. The average molecular weight is 625 g/mol. The number of alkyl halides is 1. The summed E-state index contributed by atoms with van der Waals surface area (Å²) in [5, 5.41) is 43.9. The average Bonchev–Trinajstić information content (AvgIpc) is 2.73. The number of rotatable bonds is 9. The van der Waals surface area contributed by atoms with E-state index in [-0.39, 0.29) is 45.4 Å². The Balaban J connectivity index is 2.51. The highest BCUT2D eigenvalue weighted by molar-refractivity contribution is 14.1. The van der Waals surface area contributed by atoms with Crippen LogP contribution in [0.25, 0.3) is 0 Å². The molecule has 212 valence electrons. The van der Waals surface area contributed by atoms with Gasteiger partial charge in [0.25, 0.3) is 0 Å². The summed E-state index contributed by atoms with van der Waals surface area (Å²) >= 11 is 2.14. The number of aliphatic hydroxyl groups is 4. The molecule has 0 amide bonds. The lowest BCUT2D eigenvalue weighted by molar-refractivity contribution is -0.166. The summed E-state index contributed by atoms with van der Waals surface area (Å²) in [7, 11) is 0. The maximum Gasteiger partial charge on any atom is 0.319 e. The molecule has 2 saturated carbocycles. The maximum atomic E-state index is 13.2. The van der Waals surface area contributed by atoms with Gasteiger partial charge in [-0.15, -0.1) is 0 Å². The molecule has 2 aliphatic carbocycles. The minimum atomic E-state index is -0.913. The molecule has 0 aliphatic heterocycles. The van der Waals surface area contributed by atoms with Gasteiger partial charge in [-0.05, 0) is 136 Å². The monoisotopic (exact) mass is 624 g/mol. The number of ether oxygens (including phenoxy) is 1. The van der Waals surface area contributed by atoms with E-state index < -0.39 is 28.5 Å². The van der Waals surface area contributed by atoms with E-state index in [9.17, 15) is 25.2 Å². The van der Waals surface area contributed by atoms with Crippen LogP contribution in [0.2, 0.25) is 0 Å². The maximum absolute atomic E-state index is 13.2. The van der Waals surface area contributed by atoms with E-state index in [0.29, 0.717) is 32.1 Å². The van der Waals surface area contributed by atoms with Crippen molar-refractivity contribution >= 4 is 28.6 Å². The second kappa shape index (κ2) is 11.6. The standard InChI is InChI=1S/C29H53IO6/c1-10-23(30)25(31)36-24(17-11-19(26(2,3)32)15-20(12-17)27(4,5)33)18-13-21(28(6,7)34)16-22(14-18)29(8,9)35/h17-24,32-35H,10-16H2,1-9H3. The molecule has 0 spiro atoms. The Hall–Kier alpha value is 0.0400. The van der Waals surface area contributed by atoms with Crippen molar-refractivity contribution in [3.63, 3.8) is 0 Å². The Morgan fingerprint density at radius 2 is 0.972 bits per heavy atom. The molecule has 0 bridgehead atoms. The van der Waals surface area contributed by atoms with Crippen LogP contribution in [0.3, 0.4) is 0 Å². The first kappa shape index (κ1) is 32.3. The first-order valence-corrected chi connectivity index (χ1v) is 15.1. The first-order chi connectivity index (χ1) is 16.1. The zero-order valence-electron chi connectivity index (χ0n) is 24.1. The van der Waals surface area contributed by atoms with Crippen LogP contribution in [0, 0.1) is 35.5 Å². The van der Waals surface area contributed by atoms with Crippen molar-refractivity contribution < 1.29 is 30.0 Å². The van der Waals surface area contributed by atoms with Gasteiger partial charge in [0, 0.05) is 0 Å². The molecule has 2 rings (SSSR count). The Bertz CT molecular complexity index is 632. The Labute approximate surface area is 233 Å². The van der Waals surface area contributed by atoms with Crippen molar-refractivity contribution in [2.45, 2.75) is 140 Å². The van der Waals surface area contributed by atoms with Crippen LogP contribution in [0.4, 0.5) is 0 Å². The lowest BCUT2D eigenvalue weighted by Crippen LogP contribution is -2.51. The second-order valence-electron chi connectivity index (χ2n) is 14.1. The Morgan fingerprint density at radius 1 is 0.694 bits per heavy atom. The molecule has 6 nitrogen and oxygen atoms in total. The molecule has 0 saturated heterocycles. The highest BCUT2D eigenvalue weighted by Gasteiger charge is 2.50. The van der Waals surface area contributed by atoms with E-state index >= 15 is 0 Å². The summed E-state index contributed by atoms with van der Waals surface area (Å²) in [5.41, 5.74) is -3.65. The molecule has 2 aliphatic rings. The largest absolute Gasteiger partial charge is 0.461 e. The van der Waals surface area contributed by atoms with Gasteiger partial charge in [0.05, 0.1) is 22.4 Å². The fraction of sp³-hybridized carbons (Fsp3) is 0.966. The van der Waals surface area contributed by atoms with Crippen molar-refractivity contribution in [1.29, 1.82) is 0 Å². The molecular weight excluding hydrogens is 571 g/mol. The SMILES string of the molecule is CCC(I)C(=O)OC(C1CC(C(C)(C)O)CC(C(C)(C)O)C1)C1CC(C(C)(C)O)CC(C(C)(C)O)C1. The van der Waals surface area contributed by atoms with Gasteiger partial charge >= 0.3 is 5.97 Å². The quantitative estimate of drug-likeness (QED) is 0.159. The van der Waals surface area contributed by atoms with Crippen LogP contribution in [0.1, 0.15) is 107 Å². The molecule has 7 heteroatoms. The third kappa shape index (κ3) is 8.52. The van der Waals surface area contributed by atoms with Gasteiger partial charge in [-0.1, -0.05) is 29.5 Å². The number of carbonyl (C=O) groups is 1. The summed E-state index contributed by atoms with van der Waals surface area (Å²) in [4.78, 5) is 13.2. The molecule has 4 N–H and O–H groups in total. The Morgan fingerprint density at radius 3 is 1.19 bits per heavy atom. The van der Waals surface area contributed by atoms with E-state index in [0.717, 1.165) is 12.8 Å². The fourth-order valence-corrected chi connectivity index (χ4v) is 6.67. The fourth-order valence-electron chi connectivity index (χ4n) is 6.52. The summed E-state index contributed by atoms with van der Waals surface area (Å²) in [5.74, 6) is -0.404. The van der Waals surface area contributed by atoms with Crippen molar-refractivity contribution in [2.24, 2.45) is 35.5 Å². The molecule has 0 radical (unpaired) electrons. The van der Waals surface area contributed by atoms with E-state index in [1.807, 2.05) is 62.3 Å². The summed E-state index contributed by atoms with van der Waals surface area (Å²) in [6.45, 7) is 16.6. The van der Waals surface area contributed by atoms with Crippen LogP contribution >= 0.6 is 22.6 Å². The zero-order chi connectivity index (χ0) is 27.9. The van der Waals surface area contributed by atoms with Crippen LogP contribution in [0.15, 0.2) is 0 Å². The summed E-state index contributed by atoms with van der Waals surface area (Å²) in [6.07, 6.45) is 4.57. The Kier molecular flexibility index (Phi) is 10.4. The van der Waals surface area contributed by atoms with Crippen molar-refractivity contribution in [1.82, 2.24) is 0 Å². The van der Waals surface area contributed by atoms with E-state index in [1.54, 1.807) is 0 Å². The number of carbonyl (C=O) groups excluding carboxylic acids is 1. The van der Waals surface area contributed by atoms with E-state index in [2.05, 4.69) is 22.6 Å². The summed E-state index contributed by atoms with van der Waals surface area (Å²) < 4.78 is 6.11. The molecule has 5 atom stereocenters. The predicted octanol–water partition coefficient (Wildman–Crippen LogP) is 5.26. The lowest BCUT2D eigenvalue weighted by Gasteiger charge is -2.50. The molecule has 2 fully saturated rings. The summed E-state index contributed by atoms with van der Waals surface area (Å²) in [6, 6.07) is 0. The van der Waals surface area contributed by atoms with Crippen molar-refractivity contribution in [3.05, 3.63) is 0 Å². The lowest BCUT2D eigenvalue weighted by atomic mass is 9.59. The van der Waals surface area contributed by atoms with Gasteiger partial charge in [-0.25, -0.2) is 0 Å². The second-order valence-corrected chi connectivity index (χ2v) is 15.6. The van der Waals surface area contributed by atoms with Crippen LogP contribution in [0.5, 0.6) is 0 Å². The minimum absolute atomic E-state index is 0.0241. The third-order valence-electron chi connectivity index (χ3n) is 9.28. The smallest absolute Gasteiger partial charge is 0.319 e. The molecule has 0 aromatic rings. The number of esters is 1. The van der Waals surface area contributed by atoms with Crippen LogP contribution in [-0.4, -0.2) is 58.8 Å². The van der Waals surface area contributed by atoms with Crippen molar-refractivity contribution in [3.8, 4) is 0 Å². The van der Waals surface area contributed by atoms with E-state index in [4.69, 9.17) is 4.74 Å². The highest BCUT2D eigenvalue weighted by Crippen LogP contribution is 2.50. The van der Waals surface area contributed by atoms with Gasteiger partial charge in [0.1, 0.15) is 10.0 Å². The highest BCUT2D eigenvalue weighted by atomic mass is 127. The zero-order valence-corrected chi connectivity index (χ0v) is 26.2. The number of hydrogen-bond donors (Lipinski definition) is 4. The van der Waals surface area contributed by atoms with Gasteiger partial charge in [0.15, 0.2) is 0 Å². The predicted molar refractivity (Wildman–Crippen MR) is 152 cm³/mol. The molecule has 36 heavy (non-hydrogen) atoms. The number of hydrogen-bond acceptors (Lipinski definition) is 6. The third-order valence-corrected chi connectivity index (χ3v) is 10.7. The van der Waals surface area contributed by atoms with Crippen LogP contribution < -0.4 is 0 Å². The molecule has 0 aromatic carbocycles. The van der Waals surface area contributed by atoms with E-state index in [1.165, 1.54) is 0 Å². The molecule has 5 unspecified atom stereocenters. The molecule has 0 heterocycles. The topological polar surface area (TPSA) is 107 Å². The molecular formula is C29H53IO6. The van der Waals surface area contributed by atoms with Gasteiger partial charge in [-0.2, -0.15) is 0 Å². The van der Waals surface area contributed by atoms with Crippen molar-refractivity contribution in [2.75, 3.05) is 0 Å². The molecule has 0 aromatic heterocycles. The van der Waals surface area contributed by atoms with Gasteiger partial charge < -0.3 is 25.2 Å². The van der Waals surface area contributed by atoms with Gasteiger partial charge in [0.2, 0.25) is 0 Å². The van der Waals surface area contributed by atoms with Gasteiger partial charge in [-0.3, -0.25) is 4.79 Å².